The van der Waals surface area contributed by atoms with Crippen molar-refractivity contribution in [3.63, 3.8) is 0 Å². The van der Waals surface area contributed by atoms with E-state index in [1.807, 2.05) is 48.5 Å². The van der Waals surface area contributed by atoms with Gasteiger partial charge >= 0.3 is 0 Å². The molecule has 1 amide bonds. The van der Waals surface area contributed by atoms with E-state index in [0.717, 1.165) is 16.8 Å². The maximum Gasteiger partial charge on any atom is 0.226 e. The number of oxazole rings is 1. The molecule has 2 aromatic carbocycles. The molecule has 0 saturated carbocycles. The largest absolute Gasteiger partial charge is 0.495 e. The van der Waals surface area contributed by atoms with Gasteiger partial charge in [-0.05, 0) is 29.8 Å². The number of hydrogen-bond donors (Lipinski definition) is 3. The highest BCUT2D eigenvalue weighted by Gasteiger charge is 2.09. The van der Waals surface area contributed by atoms with Gasteiger partial charge in [0.05, 0.1) is 25.0 Å². The number of anilines is 1. The third kappa shape index (κ3) is 5.60. The minimum atomic E-state index is -0.154. The summed E-state index contributed by atoms with van der Waals surface area (Å²) in [6, 6.07) is 15.4. The van der Waals surface area contributed by atoms with E-state index in [2.05, 4.69) is 25.9 Å². The first-order valence-corrected chi connectivity index (χ1v) is 9.48. The minimum absolute atomic E-state index is 0.154. The molecule has 8 heteroatoms. The summed E-state index contributed by atoms with van der Waals surface area (Å²) in [5, 5.41) is 9.22. The van der Waals surface area contributed by atoms with E-state index in [-0.39, 0.29) is 5.91 Å². The van der Waals surface area contributed by atoms with Crippen molar-refractivity contribution in [3.05, 3.63) is 66.1 Å². The first kappa shape index (κ1) is 20.9. The second-order valence-corrected chi connectivity index (χ2v) is 6.51. The van der Waals surface area contributed by atoms with Crippen molar-refractivity contribution in [1.82, 2.24) is 15.6 Å². The quantitative estimate of drug-likeness (QED) is 0.411. The van der Waals surface area contributed by atoms with Gasteiger partial charge in [-0.15, -0.1) is 0 Å². The van der Waals surface area contributed by atoms with Crippen LogP contribution in [0.2, 0.25) is 0 Å². The van der Waals surface area contributed by atoms with Crippen molar-refractivity contribution in [2.24, 2.45) is 4.99 Å². The van der Waals surface area contributed by atoms with E-state index in [9.17, 15) is 4.79 Å². The van der Waals surface area contributed by atoms with Crippen molar-refractivity contribution in [2.45, 2.75) is 20.0 Å². The summed E-state index contributed by atoms with van der Waals surface area (Å²) >= 11 is 0. The van der Waals surface area contributed by atoms with Crippen LogP contribution in [0.3, 0.4) is 0 Å². The Balaban J connectivity index is 1.57. The van der Waals surface area contributed by atoms with Crippen LogP contribution in [-0.2, 0) is 17.9 Å². The number of hydrogen-bond acceptors (Lipinski definition) is 5. The number of aliphatic imine (C=N–C) groups is 1. The second-order valence-electron chi connectivity index (χ2n) is 6.51. The lowest BCUT2D eigenvalue weighted by Crippen LogP contribution is -2.36. The van der Waals surface area contributed by atoms with Gasteiger partial charge in [-0.1, -0.05) is 24.3 Å². The zero-order chi connectivity index (χ0) is 21.3. The van der Waals surface area contributed by atoms with Crippen LogP contribution < -0.4 is 20.7 Å². The molecule has 0 fully saturated rings. The molecule has 8 nitrogen and oxygen atoms in total. The van der Waals surface area contributed by atoms with E-state index in [0.29, 0.717) is 36.4 Å². The molecule has 0 aliphatic heterocycles. The number of aromatic nitrogens is 1. The number of nitrogens with zero attached hydrogens (tertiary/aromatic N) is 2. The Hall–Kier alpha value is -3.81. The van der Waals surface area contributed by atoms with E-state index in [4.69, 9.17) is 9.15 Å². The van der Waals surface area contributed by atoms with Crippen LogP contribution in [0, 0.1) is 0 Å². The molecule has 0 atom stereocenters. The fraction of sp³-hybridized carbons (Fsp3) is 0.227. The molecule has 0 aliphatic rings. The lowest BCUT2D eigenvalue weighted by molar-refractivity contribution is -0.114. The van der Waals surface area contributed by atoms with Gasteiger partial charge in [0.25, 0.3) is 0 Å². The number of carbonyl (C=O) groups excluding carboxylic acids is 1. The molecule has 3 aromatic rings. The van der Waals surface area contributed by atoms with Crippen LogP contribution >= 0.6 is 0 Å². The van der Waals surface area contributed by atoms with Crippen LogP contribution in [0.5, 0.6) is 5.75 Å². The van der Waals surface area contributed by atoms with Gasteiger partial charge in [0.2, 0.25) is 11.8 Å². The fourth-order valence-electron chi connectivity index (χ4n) is 2.83. The fourth-order valence-corrected chi connectivity index (χ4v) is 2.83. The first-order chi connectivity index (χ1) is 14.6. The zero-order valence-electron chi connectivity index (χ0n) is 17.2. The molecule has 0 unspecified atom stereocenters. The maximum absolute atomic E-state index is 11.4. The van der Waals surface area contributed by atoms with Crippen LogP contribution in [0.15, 0.2) is 64.2 Å². The topological polar surface area (TPSA) is 101 Å². The summed E-state index contributed by atoms with van der Waals surface area (Å²) in [7, 11) is 3.27. The molecule has 30 heavy (non-hydrogen) atoms. The zero-order valence-corrected chi connectivity index (χ0v) is 17.2. The summed E-state index contributed by atoms with van der Waals surface area (Å²) in [6.07, 6.45) is 1.63. The van der Waals surface area contributed by atoms with Gasteiger partial charge in [-0.2, -0.15) is 0 Å². The summed E-state index contributed by atoms with van der Waals surface area (Å²) < 4.78 is 10.8. The van der Waals surface area contributed by atoms with Gasteiger partial charge < -0.3 is 25.1 Å². The molecule has 3 N–H and O–H groups in total. The lowest BCUT2D eigenvalue weighted by Gasteiger charge is -2.13. The second kappa shape index (κ2) is 10.1. The average molecular weight is 407 g/mol. The van der Waals surface area contributed by atoms with Crippen LogP contribution in [-0.4, -0.2) is 31.0 Å². The molecule has 0 aliphatic carbocycles. The molecule has 1 aromatic heterocycles. The molecule has 0 radical (unpaired) electrons. The van der Waals surface area contributed by atoms with Crippen molar-refractivity contribution >= 4 is 17.6 Å². The van der Waals surface area contributed by atoms with Crippen molar-refractivity contribution < 1.29 is 13.9 Å². The number of rotatable bonds is 7. The van der Waals surface area contributed by atoms with E-state index in [1.165, 1.54) is 6.92 Å². The van der Waals surface area contributed by atoms with E-state index < -0.39 is 0 Å². The number of benzene rings is 2. The van der Waals surface area contributed by atoms with Crippen LogP contribution in [0.4, 0.5) is 5.69 Å². The van der Waals surface area contributed by atoms with Gasteiger partial charge in [-0.25, -0.2) is 4.98 Å². The number of methoxy groups -OCH3 is 1. The van der Waals surface area contributed by atoms with E-state index >= 15 is 0 Å². The van der Waals surface area contributed by atoms with Gasteiger partial charge in [-0.3, -0.25) is 9.79 Å². The predicted molar refractivity (Wildman–Crippen MR) is 116 cm³/mol. The number of nitrogens with one attached hydrogen (secondary N) is 3. The Kier molecular flexibility index (Phi) is 7.05. The summed E-state index contributed by atoms with van der Waals surface area (Å²) in [5.74, 6) is 1.66. The van der Waals surface area contributed by atoms with Gasteiger partial charge in [0.1, 0.15) is 12.0 Å². The number of ether oxygens (including phenoxy) is 1. The smallest absolute Gasteiger partial charge is 0.226 e. The van der Waals surface area contributed by atoms with Crippen LogP contribution in [0.25, 0.3) is 11.5 Å². The number of guanidine groups is 1. The van der Waals surface area contributed by atoms with E-state index in [1.54, 1.807) is 20.4 Å². The summed E-state index contributed by atoms with van der Waals surface area (Å²) in [5.41, 5.74) is 3.30. The maximum atomic E-state index is 11.4. The SMILES string of the molecule is CN=C(NCc1ccc(OC)c(NC(C)=O)c1)NCc1coc(-c2ccccc2)n1. The normalized spacial score (nSPS) is 11.1. The molecule has 3 rings (SSSR count). The van der Waals surface area contributed by atoms with Crippen molar-refractivity contribution in [1.29, 1.82) is 0 Å². The Labute approximate surface area is 175 Å². The summed E-state index contributed by atoms with van der Waals surface area (Å²) in [4.78, 5) is 20.1. The Bertz CT molecular complexity index is 1010. The Morgan fingerprint density at radius 2 is 1.90 bits per heavy atom. The first-order valence-electron chi connectivity index (χ1n) is 9.48. The predicted octanol–water partition coefficient (Wildman–Crippen LogP) is 3.17. The summed E-state index contributed by atoms with van der Waals surface area (Å²) in [6.45, 7) is 2.45. The third-order valence-electron chi connectivity index (χ3n) is 4.27. The van der Waals surface area contributed by atoms with Crippen molar-refractivity contribution in [3.8, 4) is 17.2 Å². The lowest BCUT2D eigenvalue weighted by atomic mass is 10.2. The number of amides is 1. The van der Waals surface area contributed by atoms with Gasteiger partial charge in [0.15, 0.2) is 5.96 Å². The Morgan fingerprint density at radius 3 is 2.60 bits per heavy atom. The number of carbonyl (C=O) groups is 1. The standard InChI is InChI=1S/C22H25N5O3/c1-15(28)26-19-11-16(9-10-20(19)29-3)12-24-22(23-2)25-13-18-14-30-21(27-18)17-7-5-4-6-8-17/h4-11,14H,12-13H2,1-3H3,(H,26,28)(H2,23,24,25). The molecular formula is C22H25N5O3. The monoisotopic (exact) mass is 407 g/mol. The third-order valence-corrected chi connectivity index (χ3v) is 4.27. The molecule has 156 valence electrons. The highest BCUT2D eigenvalue weighted by atomic mass is 16.5. The highest BCUT2D eigenvalue weighted by molar-refractivity contribution is 5.90. The van der Waals surface area contributed by atoms with Gasteiger partial charge in [0, 0.05) is 26.1 Å². The molecule has 0 bridgehead atoms. The van der Waals surface area contributed by atoms with Crippen molar-refractivity contribution in [2.75, 3.05) is 19.5 Å². The highest BCUT2D eigenvalue weighted by Crippen LogP contribution is 2.25. The molecule has 1 heterocycles. The van der Waals surface area contributed by atoms with Crippen LogP contribution in [0.1, 0.15) is 18.2 Å². The Morgan fingerprint density at radius 1 is 1.13 bits per heavy atom. The average Bonchev–Trinajstić information content (AvgIpc) is 3.23. The molecule has 0 spiro atoms. The minimum Gasteiger partial charge on any atom is -0.495 e. The molecule has 0 saturated heterocycles. The molecular weight excluding hydrogens is 382 g/mol.